The van der Waals surface area contributed by atoms with Crippen molar-refractivity contribution in [1.82, 2.24) is 0 Å². The Morgan fingerprint density at radius 2 is 0.224 bits per heavy atom. The molecular weight excluding hydrogens is 815 g/mol. The molecule has 0 aliphatic carbocycles. The molecule has 3 heteroatoms. The van der Waals surface area contributed by atoms with Gasteiger partial charge >= 0.3 is 23.1 Å². The van der Waals surface area contributed by atoms with Gasteiger partial charge in [-0.15, -0.1) is 0 Å². The summed E-state index contributed by atoms with van der Waals surface area (Å²) in [7, 11) is 0. The summed E-state index contributed by atoms with van der Waals surface area (Å²) in [6, 6.07) is 57.0. The molecule has 8 aromatic rings. The Labute approximate surface area is 421 Å². The number of rotatable bonds is 8. The fraction of sp³-hybridized carbons (Fsp3) is 0.250. The fourth-order valence-electron chi connectivity index (χ4n) is 12.4. The maximum absolute atomic E-state index is 2.42. The van der Waals surface area contributed by atoms with Gasteiger partial charge < -0.3 is 0 Å². The minimum Gasteiger partial charge on any atom is -0.195 e. The van der Waals surface area contributed by atoms with Gasteiger partial charge in [0.1, 0.15) is 12.3 Å². The molecule has 0 spiro atoms. The zero-order valence-electron chi connectivity index (χ0n) is 43.7. The molecule has 0 aliphatic heterocycles. The third-order valence-corrected chi connectivity index (χ3v) is 14.0. The number of aryl methyl sites for hydroxylation is 16. The molecule has 0 atom stereocenters. The number of hydrogen-bond acceptors (Lipinski definition) is 0. The Balaban J connectivity index is 0.000000218. The minimum atomic E-state index is -1.37. The number of hydrogen-bond donors (Lipinski definition) is 0. The van der Waals surface area contributed by atoms with Crippen molar-refractivity contribution in [2.24, 2.45) is 0 Å². The molecule has 0 fully saturated rings. The van der Waals surface area contributed by atoms with Gasteiger partial charge in [0.2, 0.25) is 0 Å². The van der Waals surface area contributed by atoms with E-state index in [0.29, 0.717) is 0 Å². The van der Waals surface area contributed by atoms with Crippen LogP contribution in [0.25, 0.3) is 0 Å². The normalized spacial score (nSPS) is 11.5. The summed E-state index contributed by atoms with van der Waals surface area (Å²) < 4.78 is 0. The first-order valence-corrected chi connectivity index (χ1v) is 24.2. The van der Waals surface area contributed by atoms with Crippen molar-refractivity contribution < 1.29 is 0 Å². The molecule has 0 radical (unpaired) electrons. The van der Waals surface area contributed by atoms with Crippen LogP contribution < -0.4 is 43.7 Å². The molecule has 0 saturated heterocycles. The smallest absolute Gasteiger partial charge is 0.195 e. The van der Waals surface area contributed by atoms with Crippen molar-refractivity contribution in [3.8, 4) is 0 Å². The van der Waals surface area contributed by atoms with Crippen LogP contribution in [-0.2, 0) is 0 Å². The summed E-state index contributed by atoms with van der Waals surface area (Å²) in [4.78, 5) is 0. The summed E-state index contributed by atoms with van der Waals surface area (Å²) >= 11 is 0. The quantitative estimate of drug-likeness (QED) is 0.133. The average molecular weight is 887 g/mol. The van der Waals surface area contributed by atoms with E-state index in [0.717, 1.165) is 0 Å². The molecule has 0 amide bonds. The van der Waals surface area contributed by atoms with Crippen molar-refractivity contribution in [2.75, 3.05) is 0 Å². The van der Waals surface area contributed by atoms with Crippen LogP contribution in [0.4, 0.5) is 0 Å². The molecule has 0 saturated carbocycles. The van der Waals surface area contributed by atoms with Crippen LogP contribution in [0.2, 0.25) is 0 Å². The van der Waals surface area contributed by atoms with E-state index in [2.05, 4.69) is 256 Å². The van der Waals surface area contributed by atoms with Crippen LogP contribution in [0.1, 0.15) is 89.0 Å². The molecule has 0 N–H and O–H groups in total. The maximum Gasteiger partial charge on any atom is 2.00 e. The van der Waals surface area contributed by atoms with E-state index in [-0.39, 0.29) is 23.1 Å². The standard InChI is InChI=1S/2C32H36B.Mg/c2*1-21-9-22(2)14-29(13-21)33(30-15-23(3)10-24(4)16-30,31-17-25(5)11-26(6)18-31)32-19-27(7)12-28(8)20-32;/h2*9-20H,1-8H3;/q2*-1;+2. The second-order valence-corrected chi connectivity index (χ2v) is 21.1. The molecule has 0 heterocycles. The van der Waals surface area contributed by atoms with Crippen LogP contribution in [0.3, 0.4) is 0 Å². The van der Waals surface area contributed by atoms with E-state index >= 15 is 0 Å². The first kappa shape index (κ1) is 51.1. The molecule has 0 aromatic heterocycles. The summed E-state index contributed by atoms with van der Waals surface area (Å²) in [5, 5.41) is 0. The predicted octanol–water partition coefficient (Wildman–Crippen LogP) is 10.7. The van der Waals surface area contributed by atoms with Crippen LogP contribution in [0.5, 0.6) is 0 Å². The Kier molecular flexibility index (Phi) is 15.6. The summed E-state index contributed by atoms with van der Waals surface area (Å²) in [6.07, 6.45) is -2.74. The van der Waals surface area contributed by atoms with Gasteiger partial charge in [-0.1, -0.05) is 235 Å². The van der Waals surface area contributed by atoms with E-state index < -0.39 is 12.3 Å². The summed E-state index contributed by atoms with van der Waals surface area (Å²) in [5.74, 6) is 0. The molecule has 0 nitrogen and oxygen atoms in total. The molecule has 0 aliphatic rings. The van der Waals surface area contributed by atoms with Crippen LogP contribution in [0.15, 0.2) is 146 Å². The van der Waals surface area contributed by atoms with Crippen molar-refractivity contribution in [1.29, 1.82) is 0 Å². The second kappa shape index (κ2) is 20.5. The molecule has 67 heavy (non-hydrogen) atoms. The first-order valence-electron chi connectivity index (χ1n) is 24.2. The monoisotopic (exact) mass is 887 g/mol. The average Bonchev–Trinajstić information content (AvgIpc) is 3.16. The molecule has 336 valence electrons. The third kappa shape index (κ3) is 10.9. The third-order valence-electron chi connectivity index (χ3n) is 14.0. The zero-order chi connectivity index (χ0) is 47.8. The van der Waals surface area contributed by atoms with Crippen molar-refractivity contribution in [2.45, 2.75) is 111 Å². The van der Waals surface area contributed by atoms with E-state index in [9.17, 15) is 0 Å². The second-order valence-electron chi connectivity index (χ2n) is 21.1. The Bertz CT molecular complexity index is 2320. The van der Waals surface area contributed by atoms with Gasteiger partial charge in [0.15, 0.2) is 0 Å². The van der Waals surface area contributed by atoms with Crippen LogP contribution >= 0.6 is 0 Å². The van der Waals surface area contributed by atoms with Gasteiger partial charge in [0.05, 0.1) is 0 Å². The van der Waals surface area contributed by atoms with Crippen LogP contribution in [0, 0.1) is 111 Å². The predicted molar refractivity (Wildman–Crippen MR) is 302 cm³/mol. The van der Waals surface area contributed by atoms with Crippen molar-refractivity contribution >= 4 is 79.0 Å². The summed E-state index contributed by atoms with van der Waals surface area (Å²) in [5.41, 5.74) is 32.2. The topological polar surface area (TPSA) is 0 Å². The Morgan fingerprint density at radius 3 is 0.299 bits per heavy atom. The molecule has 8 aromatic carbocycles. The van der Waals surface area contributed by atoms with E-state index in [1.165, 1.54) is 133 Å². The van der Waals surface area contributed by atoms with Gasteiger partial charge in [0, 0.05) is 0 Å². The molecule has 8 rings (SSSR count). The zero-order valence-corrected chi connectivity index (χ0v) is 45.1. The van der Waals surface area contributed by atoms with E-state index in [1.54, 1.807) is 0 Å². The summed E-state index contributed by atoms with van der Waals surface area (Å²) in [6.45, 7) is 35.6. The van der Waals surface area contributed by atoms with Crippen molar-refractivity contribution in [3.05, 3.63) is 235 Å². The SMILES string of the molecule is Cc1cc(C)cc([B-](c2cc(C)cc(C)c2)(c2cc(C)cc(C)c2)c2cc(C)cc(C)c2)c1.Cc1cc(C)cc([B-](c2cc(C)cc(C)c2)(c2cc(C)cc(C)c2)c2cc(C)cc(C)c2)c1.[Mg+2]. The van der Waals surface area contributed by atoms with Gasteiger partial charge in [0.25, 0.3) is 0 Å². The van der Waals surface area contributed by atoms with Gasteiger partial charge in [-0.2, -0.15) is 43.7 Å². The van der Waals surface area contributed by atoms with Gasteiger partial charge in [-0.25, -0.2) is 0 Å². The molecule has 0 unspecified atom stereocenters. The molecule has 0 bridgehead atoms. The fourth-order valence-corrected chi connectivity index (χ4v) is 12.4. The Hall–Kier alpha value is -5.34. The molecular formula is C64H72B2Mg. The number of benzene rings is 8. The Morgan fingerprint density at radius 1 is 0.149 bits per heavy atom. The maximum atomic E-state index is 2.42. The van der Waals surface area contributed by atoms with E-state index in [4.69, 9.17) is 0 Å². The van der Waals surface area contributed by atoms with Crippen molar-refractivity contribution in [3.63, 3.8) is 0 Å². The minimum absolute atomic E-state index is 0. The van der Waals surface area contributed by atoms with Gasteiger partial charge in [-0.05, 0) is 111 Å². The largest absolute Gasteiger partial charge is 2.00 e. The van der Waals surface area contributed by atoms with E-state index in [1.807, 2.05) is 0 Å². The first-order chi connectivity index (χ1) is 31.1. The van der Waals surface area contributed by atoms with Crippen LogP contribution in [-0.4, -0.2) is 35.3 Å². The van der Waals surface area contributed by atoms with Gasteiger partial charge in [-0.3, -0.25) is 0 Å².